The maximum Gasteiger partial charge on any atom is 0.269 e. The number of hydrogen-bond acceptors (Lipinski definition) is 2. The maximum absolute atomic E-state index is 10.5. The molecule has 0 aliphatic heterocycles. The number of nitro groups is 1. The molecule has 0 amide bonds. The minimum Gasteiger partial charge on any atom is -0.258 e. The Morgan fingerprint density at radius 3 is 2.47 bits per heavy atom. The van der Waals surface area contributed by atoms with E-state index in [1.165, 1.54) is 12.1 Å². The smallest absolute Gasteiger partial charge is 0.258 e. The second-order valence-corrected chi connectivity index (χ2v) is 4.01. The van der Waals surface area contributed by atoms with Crippen LogP contribution >= 0.6 is 0 Å². The van der Waals surface area contributed by atoms with Crippen molar-refractivity contribution in [3.05, 3.63) is 58.2 Å². The van der Waals surface area contributed by atoms with Gasteiger partial charge in [-0.1, -0.05) is 0 Å². The van der Waals surface area contributed by atoms with E-state index in [-0.39, 0.29) is 10.6 Å². The van der Waals surface area contributed by atoms with Gasteiger partial charge in [-0.2, -0.15) is 0 Å². The lowest BCUT2D eigenvalue weighted by Gasteiger charge is -1.99. The van der Waals surface area contributed by atoms with Crippen LogP contribution in [-0.4, -0.2) is 9.49 Å². The van der Waals surface area contributed by atoms with Gasteiger partial charge in [0.15, 0.2) is 0 Å². The lowest BCUT2D eigenvalue weighted by molar-refractivity contribution is -0.677. The first-order chi connectivity index (χ1) is 8.08. The third-order valence-electron chi connectivity index (χ3n) is 2.90. The maximum atomic E-state index is 10.5. The fraction of sp³-hybridized carbons (Fsp3) is 0.250. The van der Waals surface area contributed by atoms with Crippen LogP contribution in [0, 0.1) is 17.0 Å². The van der Waals surface area contributed by atoms with Crippen LogP contribution < -0.4 is 4.57 Å². The van der Waals surface area contributed by atoms with Crippen molar-refractivity contribution in [2.24, 2.45) is 7.05 Å². The van der Waals surface area contributed by atoms with Gasteiger partial charge in [-0.3, -0.25) is 10.1 Å². The van der Waals surface area contributed by atoms with Gasteiger partial charge >= 0.3 is 0 Å². The van der Waals surface area contributed by atoms with E-state index < -0.39 is 0 Å². The molecule has 0 atom stereocenters. The van der Waals surface area contributed by atoms with E-state index in [9.17, 15) is 10.1 Å². The number of aromatic nitrogens is 2. The average Bonchev–Trinajstić information content (AvgIpc) is 2.62. The van der Waals surface area contributed by atoms with Gasteiger partial charge in [-0.15, -0.1) is 0 Å². The Balaban J connectivity index is 2.19. The summed E-state index contributed by atoms with van der Waals surface area (Å²) in [4.78, 5) is 10.1. The summed E-state index contributed by atoms with van der Waals surface area (Å²) in [6.07, 6.45) is 3.98. The predicted molar refractivity (Wildman–Crippen MR) is 62.5 cm³/mol. The molecule has 0 saturated carbocycles. The minimum absolute atomic E-state index is 0.128. The first-order valence-corrected chi connectivity index (χ1v) is 5.32. The molecule has 0 fully saturated rings. The SMILES string of the molecule is Cc1n(Cc2ccc([N+](=O)[O-])cc2)cc[n+]1C. The van der Waals surface area contributed by atoms with Crippen molar-refractivity contribution in [2.45, 2.75) is 13.5 Å². The van der Waals surface area contributed by atoms with E-state index in [1.807, 2.05) is 30.9 Å². The van der Waals surface area contributed by atoms with E-state index >= 15 is 0 Å². The van der Waals surface area contributed by atoms with E-state index in [0.29, 0.717) is 0 Å². The summed E-state index contributed by atoms with van der Waals surface area (Å²) in [5.41, 5.74) is 1.18. The molecule has 1 aromatic carbocycles. The molecule has 0 unspecified atom stereocenters. The zero-order valence-electron chi connectivity index (χ0n) is 9.83. The van der Waals surface area contributed by atoms with Crippen LogP contribution in [0.15, 0.2) is 36.7 Å². The molecular formula is C12H14N3O2+. The summed E-state index contributed by atoms with van der Waals surface area (Å²) in [7, 11) is 1.99. The zero-order valence-corrected chi connectivity index (χ0v) is 9.83. The zero-order chi connectivity index (χ0) is 12.4. The molecule has 88 valence electrons. The summed E-state index contributed by atoms with van der Waals surface area (Å²) >= 11 is 0. The highest BCUT2D eigenvalue weighted by molar-refractivity contribution is 5.32. The molecule has 0 aliphatic carbocycles. The van der Waals surface area contributed by atoms with Crippen LogP contribution in [0.1, 0.15) is 11.4 Å². The molecule has 0 radical (unpaired) electrons. The second kappa shape index (κ2) is 4.37. The second-order valence-electron chi connectivity index (χ2n) is 4.01. The third-order valence-corrected chi connectivity index (χ3v) is 2.90. The van der Waals surface area contributed by atoms with Crippen LogP contribution in [0.25, 0.3) is 0 Å². The number of imidazole rings is 1. The highest BCUT2D eigenvalue weighted by Gasteiger charge is 2.10. The molecule has 0 saturated heterocycles. The van der Waals surface area contributed by atoms with Crippen molar-refractivity contribution in [1.29, 1.82) is 0 Å². The normalized spacial score (nSPS) is 10.5. The van der Waals surface area contributed by atoms with E-state index in [0.717, 1.165) is 17.9 Å². The van der Waals surface area contributed by atoms with Crippen LogP contribution in [0.4, 0.5) is 5.69 Å². The molecule has 0 N–H and O–H groups in total. The highest BCUT2D eigenvalue weighted by Crippen LogP contribution is 2.13. The lowest BCUT2D eigenvalue weighted by atomic mass is 10.2. The largest absolute Gasteiger partial charge is 0.269 e. The number of rotatable bonds is 3. The highest BCUT2D eigenvalue weighted by atomic mass is 16.6. The van der Waals surface area contributed by atoms with Gasteiger partial charge in [0.25, 0.3) is 11.5 Å². The number of non-ortho nitro benzene ring substituents is 1. The Morgan fingerprint density at radius 2 is 2.00 bits per heavy atom. The van der Waals surface area contributed by atoms with Crippen LogP contribution in [0.5, 0.6) is 0 Å². The number of nitrogens with zero attached hydrogens (tertiary/aromatic N) is 3. The van der Waals surface area contributed by atoms with Gasteiger partial charge < -0.3 is 0 Å². The molecule has 0 spiro atoms. The van der Waals surface area contributed by atoms with Crippen molar-refractivity contribution in [1.82, 2.24) is 4.57 Å². The number of hydrogen-bond donors (Lipinski definition) is 0. The standard InChI is InChI=1S/C12H14N3O2/c1-10-13(2)7-8-14(10)9-11-3-5-12(6-4-11)15(16)17/h3-8H,9H2,1-2H3/q+1. The Morgan fingerprint density at radius 1 is 1.35 bits per heavy atom. The van der Waals surface area contributed by atoms with Crippen molar-refractivity contribution < 1.29 is 9.49 Å². The summed E-state index contributed by atoms with van der Waals surface area (Å²) in [6.45, 7) is 2.76. The molecule has 2 rings (SSSR count). The van der Waals surface area contributed by atoms with Gasteiger partial charge in [-0.05, 0) is 17.7 Å². The quantitative estimate of drug-likeness (QED) is 0.458. The summed E-state index contributed by atoms with van der Waals surface area (Å²) < 4.78 is 4.13. The first-order valence-electron chi connectivity index (χ1n) is 5.32. The topological polar surface area (TPSA) is 51.9 Å². The Bertz CT molecular complexity index is 543. The van der Waals surface area contributed by atoms with E-state index in [4.69, 9.17) is 0 Å². The van der Waals surface area contributed by atoms with Crippen LogP contribution in [-0.2, 0) is 13.6 Å². The summed E-state index contributed by atoms with van der Waals surface area (Å²) in [6, 6.07) is 6.65. The Labute approximate surface area is 99.1 Å². The van der Waals surface area contributed by atoms with Crippen molar-refractivity contribution in [2.75, 3.05) is 0 Å². The van der Waals surface area contributed by atoms with Crippen molar-refractivity contribution in [3.8, 4) is 0 Å². The molecular weight excluding hydrogens is 218 g/mol. The molecule has 0 bridgehead atoms. The molecule has 2 aromatic rings. The van der Waals surface area contributed by atoms with Gasteiger partial charge in [0.2, 0.25) is 0 Å². The molecule has 5 heteroatoms. The Hall–Kier alpha value is -2.17. The summed E-state index contributed by atoms with van der Waals surface area (Å²) in [5, 5.41) is 10.5. The van der Waals surface area contributed by atoms with E-state index in [2.05, 4.69) is 4.57 Å². The fourth-order valence-electron chi connectivity index (χ4n) is 1.69. The van der Waals surface area contributed by atoms with Crippen LogP contribution in [0.2, 0.25) is 0 Å². The molecule has 0 aliphatic rings. The van der Waals surface area contributed by atoms with Gasteiger partial charge in [0.05, 0.1) is 12.0 Å². The van der Waals surface area contributed by atoms with Gasteiger partial charge in [0, 0.05) is 19.1 Å². The number of benzene rings is 1. The van der Waals surface area contributed by atoms with Gasteiger partial charge in [0.1, 0.15) is 18.9 Å². The molecule has 17 heavy (non-hydrogen) atoms. The predicted octanol–water partition coefficient (Wildman–Crippen LogP) is 1.58. The van der Waals surface area contributed by atoms with Crippen molar-refractivity contribution >= 4 is 5.69 Å². The lowest BCUT2D eigenvalue weighted by Crippen LogP contribution is -2.29. The van der Waals surface area contributed by atoms with Gasteiger partial charge in [-0.25, -0.2) is 9.13 Å². The Kier molecular flexibility index (Phi) is 2.91. The van der Waals surface area contributed by atoms with Crippen LogP contribution in [0.3, 0.4) is 0 Å². The molecule has 1 heterocycles. The summed E-state index contributed by atoms with van der Waals surface area (Å²) in [5.74, 6) is 1.14. The molecule has 5 nitrogen and oxygen atoms in total. The number of aryl methyl sites for hydroxylation is 1. The monoisotopic (exact) mass is 232 g/mol. The van der Waals surface area contributed by atoms with Crippen molar-refractivity contribution in [3.63, 3.8) is 0 Å². The fourth-order valence-corrected chi connectivity index (χ4v) is 1.69. The minimum atomic E-state index is -0.384. The molecule has 1 aromatic heterocycles. The van der Waals surface area contributed by atoms with E-state index in [1.54, 1.807) is 12.1 Å². The number of nitro benzene ring substituents is 1. The third kappa shape index (κ3) is 2.33. The first kappa shape index (κ1) is 11.3. The average molecular weight is 232 g/mol.